The summed E-state index contributed by atoms with van der Waals surface area (Å²) >= 11 is 0. The van der Waals surface area contributed by atoms with Gasteiger partial charge in [-0.25, -0.2) is 14.7 Å². The molecule has 1 fully saturated rings. The molecule has 0 aliphatic carbocycles. The van der Waals surface area contributed by atoms with Gasteiger partial charge in [0.2, 0.25) is 0 Å². The van der Waals surface area contributed by atoms with Crippen molar-refractivity contribution in [3.05, 3.63) is 53.7 Å². The predicted octanol–water partition coefficient (Wildman–Crippen LogP) is 3.34. The first kappa shape index (κ1) is 21.1. The van der Waals surface area contributed by atoms with Crippen LogP contribution in [0.3, 0.4) is 0 Å². The Morgan fingerprint density at radius 3 is 2.45 bits per heavy atom. The molecule has 2 aliphatic heterocycles. The highest BCUT2D eigenvalue weighted by atomic mass is 16.6. The molecule has 0 saturated carbocycles. The number of carbonyl (C=O) groups excluding carboxylic acids is 2. The molecule has 3 heterocycles. The molecule has 1 aromatic heterocycles. The van der Waals surface area contributed by atoms with Crippen LogP contribution in [0.4, 0.5) is 16.3 Å². The Labute approximate surface area is 182 Å². The summed E-state index contributed by atoms with van der Waals surface area (Å²) in [5.41, 5.74) is 1.56. The third-order valence-electron chi connectivity index (χ3n) is 5.45. The number of nitrogens with one attached hydrogen (secondary N) is 1. The Kier molecular flexibility index (Phi) is 5.58. The van der Waals surface area contributed by atoms with Crippen molar-refractivity contribution in [2.24, 2.45) is 0 Å². The number of hydrogen-bond acceptors (Lipinski definition) is 7. The Bertz CT molecular complexity index is 962. The number of carbonyl (C=O) groups is 2. The number of fused-ring (bicyclic) bond motifs is 1. The molecule has 8 heteroatoms. The number of anilines is 2. The van der Waals surface area contributed by atoms with Gasteiger partial charge in [0.15, 0.2) is 0 Å². The molecule has 4 rings (SSSR count). The lowest BCUT2D eigenvalue weighted by molar-refractivity contribution is 0.0208. The van der Waals surface area contributed by atoms with Gasteiger partial charge in [0.1, 0.15) is 17.6 Å². The minimum atomic E-state index is -0.709. The third kappa shape index (κ3) is 4.49. The van der Waals surface area contributed by atoms with Gasteiger partial charge in [0.05, 0.1) is 11.9 Å². The summed E-state index contributed by atoms with van der Waals surface area (Å²) in [5.74, 6) is 0.206. The van der Waals surface area contributed by atoms with Gasteiger partial charge < -0.3 is 19.9 Å². The van der Waals surface area contributed by atoms with Crippen molar-refractivity contribution < 1.29 is 14.3 Å². The minimum absolute atomic E-state index is 0.378. The van der Waals surface area contributed by atoms with Crippen molar-refractivity contribution in [1.82, 2.24) is 14.8 Å². The SMILES string of the molecule is CN1CCN(c2ccc(NC3c4ccccc4C(=O)N3C(=O)OC(C)(C)C)nc2)CC1. The monoisotopic (exact) mass is 423 g/mol. The summed E-state index contributed by atoms with van der Waals surface area (Å²) in [5, 5.41) is 3.25. The second-order valence-electron chi connectivity index (χ2n) is 8.98. The zero-order chi connectivity index (χ0) is 22.2. The topological polar surface area (TPSA) is 78.0 Å². The number of hydrogen-bond donors (Lipinski definition) is 1. The summed E-state index contributed by atoms with van der Waals surface area (Å²) in [6, 6.07) is 11.1. The van der Waals surface area contributed by atoms with E-state index in [1.54, 1.807) is 32.9 Å². The van der Waals surface area contributed by atoms with Gasteiger partial charge in [-0.05, 0) is 46.0 Å². The highest BCUT2D eigenvalue weighted by molar-refractivity contribution is 6.07. The number of nitrogens with zero attached hydrogens (tertiary/aromatic N) is 4. The van der Waals surface area contributed by atoms with Crippen molar-refractivity contribution in [3.8, 4) is 0 Å². The molecule has 2 aliphatic rings. The fourth-order valence-corrected chi connectivity index (χ4v) is 3.82. The van der Waals surface area contributed by atoms with Crippen molar-refractivity contribution in [3.63, 3.8) is 0 Å². The summed E-state index contributed by atoms with van der Waals surface area (Å²) in [7, 11) is 2.12. The molecule has 31 heavy (non-hydrogen) atoms. The molecule has 0 spiro atoms. The molecule has 164 valence electrons. The molecule has 1 atom stereocenters. The fraction of sp³-hybridized carbons (Fsp3) is 0.435. The third-order valence-corrected chi connectivity index (χ3v) is 5.45. The molecule has 2 aromatic rings. The second kappa shape index (κ2) is 8.19. The molecule has 8 nitrogen and oxygen atoms in total. The lowest BCUT2D eigenvalue weighted by Crippen LogP contribution is -2.44. The minimum Gasteiger partial charge on any atom is -0.443 e. The maximum absolute atomic E-state index is 13.0. The number of piperazine rings is 1. The largest absolute Gasteiger partial charge is 0.443 e. The van der Waals surface area contributed by atoms with Crippen LogP contribution >= 0.6 is 0 Å². The summed E-state index contributed by atoms with van der Waals surface area (Å²) in [6.07, 6.45) is 0.467. The molecule has 0 bridgehead atoms. The Balaban J connectivity index is 1.56. The van der Waals surface area contributed by atoms with Crippen LogP contribution in [0, 0.1) is 0 Å². The fourth-order valence-electron chi connectivity index (χ4n) is 3.82. The summed E-state index contributed by atoms with van der Waals surface area (Å²) in [4.78, 5) is 36.1. The Morgan fingerprint density at radius 2 is 1.81 bits per heavy atom. The number of likely N-dealkylation sites (N-methyl/N-ethyl adjacent to an activating group) is 1. The maximum Gasteiger partial charge on any atom is 0.419 e. The molecular formula is C23H29N5O3. The van der Waals surface area contributed by atoms with Crippen LogP contribution in [0.5, 0.6) is 0 Å². The van der Waals surface area contributed by atoms with Crippen molar-refractivity contribution in [2.75, 3.05) is 43.4 Å². The first-order valence-corrected chi connectivity index (χ1v) is 10.5. The van der Waals surface area contributed by atoms with E-state index in [-0.39, 0.29) is 5.91 Å². The van der Waals surface area contributed by atoms with E-state index in [4.69, 9.17) is 4.74 Å². The van der Waals surface area contributed by atoms with Crippen LogP contribution in [-0.4, -0.2) is 65.6 Å². The number of imide groups is 1. The first-order valence-electron chi connectivity index (χ1n) is 10.5. The van der Waals surface area contributed by atoms with Crippen LogP contribution in [0.25, 0.3) is 0 Å². The van der Waals surface area contributed by atoms with Crippen molar-refractivity contribution in [1.29, 1.82) is 0 Å². The quantitative estimate of drug-likeness (QED) is 0.811. The standard InChI is InChI=1S/C23H29N5O3/c1-23(2,3)31-22(30)28-20(17-7-5-6-8-18(17)21(28)29)25-19-10-9-16(15-24-19)27-13-11-26(4)12-14-27/h5-10,15,20H,11-14H2,1-4H3,(H,24,25). The van der Waals surface area contributed by atoms with Gasteiger partial charge in [0, 0.05) is 37.3 Å². The number of rotatable bonds is 3. The first-order chi connectivity index (χ1) is 14.7. The van der Waals surface area contributed by atoms with Crippen LogP contribution in [0.15, 0.2) is 42.6 Å². The Morgan fingerprint density at radius 1 is 1.10 bits per heavy atom. The van der Waals surface area contributed by atoms with Gasteiger partial charge >= 0.3 is 6.09 Å². The average Bonchev–Trinajstić information content (AvgIpc) is 3.00. The smallest absolute Gasteiger partial charge is 0.419 e. The molecular weight excluding hydrogens is 394 g/mol. The number of pyridine rings is 1. The molecule has 0 radical (unpaired) electrons. The van der Waals surface area contributed by atoms with Gasteiger partial charge in [-0.2, -0.15) is 0 Å². The molecule has 2 amide bonds. The summed E-state index contributed by atoms with van der Waals surface area (Å²) in [6.45, 7) is 9.29. The van der Waals surface area contributed by atoms with E-state index < -0.39 is 17.9 Å². The lowest BCUT2D eigenvalue weighted by Gasteiger charge is -2.34. The second-order valence-corrected chi connectivity index (χ2v) is 8.98. The van der Waals surface area contributed by atoms with E-state index in [9.17, 15) is 9.59 Å². The van der Waals surface area contributed by atoms with E-state index in [0.29, 0.717) is 11.4 Å². The van der Waals surface area contributed by atoms with E-state index in [2.05, 4.69) is 27.1 Å². The maximum atomic E-state index is 13.0. The highest BCUT2D eigenvalue weighted by Gasteiger charge is 2.42. The van der Waals surface area contributed by atoms with Gasteiger partial charge in [-0.3, -0.25) is 4.79 Å². The zero-order valence-corrected chi connectivity index (χ0v) is 18.5. The highest BCUT2D eigenvalue weighted by Crippen LogP contribution is 2.35. The number of benzene rings is 1. The van der Waals surface area contributed by atoms with Gasteiger partial charge in [0.25, 0.3) is 5.91 Å². The number of amides is 2. The predicted molar refractivity (Wildman–Crippen MR) is 119 cm³/mol. The van der Waals surface area contributed by atoms with Gasteiger partial charge in [-0.1, -0.05) is 18.2 Å². The van der Waals surface area contributed by atoms with E-state index in [1.807, 2.05) is 30.5 Å². The number of aromatic nitrogens is 1. The molecule has 1 aromatic carbocycles. The number of ether oxygens (including phenoxy) is 1. The van der Waals surface area contributed by atoms with E-state index in [0.717, 1.165) is 42.3 Å². The Hall–Kier alpha value is -3.13. The molecule has 1 N–H and O–H groups in total. The lowest BCUT2D eigenvalue weighted by atomic mass is 10.1. The van der Waals surface area contributed by atoms with Crippen molar-refractivity contribution in [2.45, 2.75) is 32.5 Å². The van der Waals surface area contributed by atoms with Crippen LogP contribution in [-0.2, 0) is 4.74 Å². The van der Waals surface area contributed by atoms with Crippen LogP contribution in [0.2, 0.25) is 0 Å². The summed E-state index contributed by atoms with van der Waals surface area (Å²) < 4.78 is 5.49. The molecule has 1 saturated heterocycles. The van der Waals surface area contributed by atoms with Crippen LogP contribution in [0.1, 0.15) is 42.9 Å². The molecule has 1 unspecified atom stereocenters. The van der Waals surface area contributed by atoms with E-state index in [1.165, 1.54) is 0 Å². The van der Waals surface area contributed by atoms with Crippen molar-refractivity contribution >= 4 is 23.5 Å². The van der Waals surface area contributed by atoms with Crippen LogP contribution < -0.4 is 10.2 Å². The normalized spacial score (nSPS) is 19.4. The zero-order valence-electron chi connectivity index (χ0n) is 18.5. The average molecular weight is 424 g/mol. The van der Waals surface area contributed by atoms with Gasteiger partial charge in [-0.15, -0.1) is 0 Å². The van der Waals surface area contributed by atoms with E-state index >= 15 is 0 Å².